The molecular formula is C26H20FNO6. The Bertz CT molecular complexity index is 1490. The first-order valence-corrected chi connectivity index (χ1v) is 10.4. The van der Waals surface area contributed by atoms with E-state index in [-0.39, 0.29) is 22.3 Å². The first kappa shape index (κ1) is 21.5. The second kappa shape index (κ2) is 8.22. The second-order valence-corrected chi connectivity index (χ2v) is 7.71. The number of methoxy groups -OCH3 is 3. The van der Waals surface area contributed by atoms with Crippen LogP contribution < -0.4 is 24.5 Å². The largest absolute Gasteiger partial charge is 0.497 e. The summed E-state index contributed by atoms with van der Waals surface area (Å²) in [6.07, 6.45) is 0. The maximum Gasteiger partial charge on any atom is 0.295 e. The van der Waals surface area contributed by atoms with Crippen LogP contribution in [-0.4, -0.2) is 27.2 Å². The van der Waals surface area contributed by atoms with Crippen molar-refractivity contribution in [2.45, 2.75) is 6.04 Å². The number of nitrogens with zero attached hydrogens (tertiary/aromatic N) is 1. The van der Waals surface area contributed by atoms with Crippen LogP contribution in [0, 0.1) is 5.82 Å². The highest BCUT2D eigenvalue weighted by Crippen LogP contribution is 2.43. The molecule has 0 spiro atoms. The van der Waals surface area contributed by atoms with Gasteiger partial charge in [0.25, 0.3) is 5.91 Å². The van der Waals surface area contributed by atoms with Crippen LogP contribution in [0.15, 0.2) is 69.9 Å². The molecule has 172 valence electrons. The lowest BCUT2D eigenvalue weighted by molar-refractivity contribution is 0.0971. The van der Waals surface area contributed by atoms with Gasteiger partial charge in [-0.15, -0.1) is 0 Å². The molecule has 0 fully saturated rings. The molecule has 0 bridgehead atoms. The van der Waals surface area contributed by atoms with E-state index in [1.807, 2.05) is 0 Å². The van der Waals surface area contributed by atoms with Gasteiger partial charge in [0.05, 0.1) is 38.3 Å². The minimum Gasteiger partial charge on any atom is -0.497 e. The Hall–Kier alpha value is -4.33. The summed E-state index contributed by atoms with van der Waals surface area (Å²) in [6, 6.07) is 14.9. The van der Waals surface area contributed by atoms with Crippen LogP contribution in [0.25, 0.3) is 11.0 Å². The van der Waals surface area contributed by atoms with Crippen molar-refractivity contribution in [1.82, 2.24) is 0 Å². The maximum atomic E-state index is 14.0. The zero-order valence-corrected chi connectivity index (χ0v) is 18.6. The average Bonchev–Trinajstić information content (AvgIpc) is 3.16. The van der Waals surface area contributed by atoms with Crippen LogP contribution in [0.1, 0.15) is 27.7 Å². The second-order valence-electron chi connectivity index (χ2n) is 7.71. The Balaban J connectivity index is 1.81. The van der Waals surface area contributed by atoms with E-state index in [2.05, 4.69) is 0 Å². The Morgan fingerprint density at radius 1 is 0.882 bits per heavy atom. The molecule has 3 aromatic carbocycles. The summed E-state index contributed by atoms with van der Waals surface area (Å²) in [6.45, 7) is 0. The smallest absolute Gasteiger partial charge is 0.295 e. The van der Waals surface area contributed by atoms with Gasteiger partial charge in [-0.2, -0.15) is 0 Å². The van der Waals surface area contributed by atoms with Crippen LogP contribution in [0.3, 0.4) is 0 Å². The van der Waals surface area contributed by atoms with Crippen molar-refractivity contribution in [1.29, 1.82) is 0 Å². The van der Waals surface area contributed by atoms with E-state index in [0.29, 0.717) is 28.5 Å². The van der Waals surface area contributed by atoms with Gasteiger partial charge < -0.3 is 18.6 Å². The Kier molecular flexibility index (Phi) is 5.20. The lowest BCUT2D eigenvalue weighted by Gasteiger charge is -2.26. The molecule has 0 N–H and O–H groups in total. The number of halogens is 1. The zero-order chi connectivity index (χ0) is 24.0. The van der Waals surface area contributed by atoms with Crippen LogP contribution in [0.4, 0.5) is 10.1 Å². The number of rotatable bonds is 5. The van der Waals surface area contributed by atoms with Crippen molar-refractivity contribution < 1.29 is 27.8 Å². The molecule has 5 rings (SSSR count). The van der Waals surface area contributed by atoms with Crippen LogP contribution >= 0.6 is 0 Å². The molecule has 1 aromatic heterocycles. The highest BCUT2D eigenvalue weighted by molar-refractivity contribution is 6.10. The predicted molar refractivity (Wildman–Crippen MR) is 124 cm³/mol. The number of amides is 1. The van der Waals surface area contributed by atoms with E-state index in [9.17, 15) is 14.0 Å². The van der Waals surface area contributed by atoms with Gasteiger partial charge in [0, 0.05) is 11.8 Å². The first-order chi connectivity index (χ1) is 16.5. The lowest BCUT2D eigenvalue weighted by Crippen LogP contribution is -2.29. The monoisotopic (exact) mass is 461 g/mol. The third-order valence-corrected chi connectivity index (χ3v) is 5.89. The van der Waals surface area contributed by atoms with E-state index in [4.69, 9.17) is 18.6 Å². The molecule has 4 aromatic rings. The van der Waals surface area contributed by atoms with Crippen LogP contribution in [0.2, 0.25) is 0 Å². The van der Waals surface area contributed by atoms with Gasteiger partial charge in [0.2, 0.25) is 5.76 Å². The van der Waals surface area contributed by atoms with Crippen LogP contribution in [0.5, 0.6) is 17.2 Å². The molecule has 1 amide bonds. The molecule has 1 aliphatic heterocycles. The molecule has 1 unspecified atom stereocenters. The number of benzene rings is 3. The summed E-state index contributed by atoms with van der Waals surface area (Å²) in [5.41, 5.74) is 0.880. The molecule has 2 heterocycles. The molecular weight excluding hydrogens is 441 g/mol. The Morgan fingerprint density at radius 2 is 1.68 bits per heavy atom. The highest BCUT2D eigenvalue weighted by Gasteiger charge is 2.44. The molecule has 0 saturated heterocycles. The minimum absolute atomic E-state index is 0.0597. The number of fused-ring (bicyclic) bond motifs is 2. The van der Waals surface area contributed by atoms with Gasteiger partial charge in [0.15, 0.2) is 16.9 Å². The number of ether oxygens (including phenoxy) is 3. The maximum absolute atomic E-state index is 14.0. The molecule has 34 heavy (non-hydrogen) atoms. The number of carbonyl (C=O) groups is 1. The summed E-state index contributed by atoms with van der Waals surface area (Å²) in [5, 5.41) is 0.0597. The van der Waals surface area contributed by atoms with Crippen LogP contribution in [-0.2, 0) is 0 Å². The molecule has 1 aliphatic rings. The summed E-state index contributed by atoms with van der Waals surface area (Å²) in [5.74, 6) is 0.312. The van der Waals surface area contributed by atoms with E-state index in [1.54, 1.807) is 42.5 Å². The third kappa shape index (κ3) is 3.26. The molecule has 0 saturated carbocycles. The minimum atomic E-state index is -0.849. The number of anilines is 1. The van der Waals surface area contributed by atoms with E-state index >= 15 is 0 Å². The predicted octanol–water partition coefficient (Wildman–Crippen LogP) is 4.71. The summed E-state index contributed by atoms with van der Waals surface area (Å²) < 4.78 is 36.0. The number of hydrogen-bond donors (Lipinski definition) is 0. The van der Waals surface area contributed by atoms with E-state index in [1.165, 1.54) is 38.4 Å². The average molecular weight is 461 g/mol. The SMILES string of the molecule is COc1cccc(N2C(=O)c3oc4ccc(F)cc4c(=O)c3C2c2ccc(OC)c(OC)c2)c1. The van der Waals surface area contributed by atoms with Gasteiger partial charge in [0.1, 0.15) is 17.1 Å². The molecule has 1 atom stereocenters. The Morgan fingerprint density at radius 3 is 2.41 bits per heavy atom. The van der Waals surface area contributed by atoms with Crippen molar-refractivity contribution in [3.8, 4) is 17.2 Å². The van der Waals surface area contributed by atoms with Crippen molar-refractivity contribution in [2.24, 2.45) is 0 Å². The first-order valence-electron chi connectivity index (χ1n) is 10.4. The Labute approximate surface area is 193 Å². The lowest BCUT2D eigenvalue weighted by atomic mass is 9.97. The van der Waals surface area contributed by atoms with Crippen molar-refractivity contribution in [3.05, 3.63) is 93.6 Å². The molecule has 7 nitrogen and oxygen atoms in total. The molecule has 8 heteroatoms. The van der Waals surface area contributed by atoms with Gasteiger partial charge in [-0.1, -0.05) is 12.1 Å². The normalized spacial score (nSPS) is 14.9. The number of hydrogen-bond acceptors (Lipinski definition) is 6. The summed E-state index contributed by atoms with van der Waals surface area (Å²) in [7, 11) is 4.54. The van der Waals surface area contributed by atoms with Crippen molar-refractivity contribution in [2.75, 3.05) is 26.2 Å². The fraction of sp³-hybridized carbons (Fsp3) is 0.154. The quantitative estimate of drug-likeness (QED) is 0.429. The van der Waals surface area contributed by atoms with Gasteiger partial charge in [-0.25, -0.2) is 4.39 Å². The topological polar surface area (TPSA) is 78.2 Å². The van der Waals surface area contributed by atoms with Crippen molar-refractivity contribution in [3.63, 3.8) is 0 Å². The molecule has 0 aliphatic carbocycles. The summed E-state index contributed by atoms with van der Waals surface area (Å²) in [4.78, 5) is 28.7. The fourth-order valence-corrected chi connectivity index (χ4v) is 4.31. The van der Waals surface area contributed by atoms with Gasteiger partial charge in [-0.3, -0.25) is 14.5 Å². The van der Waals surface area contributed by atoms with Gasteiger partial charge >= 0.3 is 0 Å². The highest BCUT2D eigenvalue weighted by atomic mass is 19.1. The van der Waals surface area contributed by atoms with Crippen molar-refractivity contribution >= 4 is 22.6 Å². The van der Waals surface area contributed by atoms with E-state index < -0.39 is 23.2 Å². The van der Waals surface area contributed by atoms with Gasteiger partial charge in [-0.05, 0) is 48.0 Å². The molecule has 0 radical (unpaired) electrons. The zero-order valence-electron chi connectivity index (χ0n) is 18.6. The standard InChI is InChI=1S/C26H20FNO6/c1-31-17-6-4-5-16(13-17)28-23(14-7-9-20(32-2)21(11-14)33-3)22-24(29)18-12-15(27)8-10-19(18)34-25(22)26(28)30/h4-13,23H,1-3H3. The summed E-state index contributed by atoms with van der Waals surface area (Å²) >= 11 is 0. The third-order valence-electron chi connectivity index (χ3n) is 5.89. The number of carbonyl (C=O) groups excluding carboxylic acids is 1. The fourth-order valence-electron chi connectivity index (χ4n) is 4.31. The van der Waals surface area contributed by atoms with E-state index in [0.717, 1.165) is 6.07 Å².